The van der Waals surface area contributed by atoms with E-state index in [0.29, 0.717) is 10.8 Å². The highest BCUT2D eigenvalue weighted by Crippen LogP contribution is 2.18. The maximum absolute atomic E-state index is 10.2. The van der Waals surface area contributed by atoms with E-state index in [9.17, 15) is 4.91 Å². The van der Waals surface area contributed by atoms with Crippen LogP contribution in [0.3, 0.4) is 0 Å². The Bertz CT molecular complexity index is 438. The molecule has 0 atom stereocenters. The summed E-state index contributed by atoms with van der Waals surface area (Å²) in [4.78, 5) is 14.1. The zero-order chi connectivity index (χ0) is 8.55. The fourth-order valence-electron chi connectivity index (χ4n) is 0.899. The van der Waals surface area contributed by atoms with Gasteiger partial charge in [0.15, 0.2) is 11.3 Å². The van der Waals surface area contributed by atoms with Crippen molar-refractivity contribution in [2.75, 3.05) is 0 Å². The van der Waals surface area contributed by atoms with Crippen molar-refractivity contribution < 1.29 is 0 Å². The summed E-state index contributed by atoms with van der Waals surface area (Å²) in [6, 6.07) is 1.58. The Hall–Kier alpha value is -1.49. The molecule has 60 valence electrons. The SMILES string of the molecule is O=Nc1cnn2ccc(Cl)nc12. The number of hydrogen-bond acceptors (Lipinski definition) is 4. The van der Waals surface area contributed by atoms with Crippen molar-refractivity contribution in [2.45, 2.75) is 0 Å². The molecule has 2 aromatic rings. The lowest BCUT2D eigenvalue weighted by atomic mass is 10.5. The van der Waals surface area contributed by atoms with Crippen LogP contribution in [0.2, 0.25) is 5.15 Å². The third kappa shape index (κ3) is 0.947. The van der Waals surface area contributed by atoms with Crippen molar-refractivity contribution in [1.29, 1.82) is 0 Å². The minimum Gasteiger partial charge on any atom is -0.220 e. The van der Waals surface area contributed by atoms with Gasteiger partial charge in [0.2, 0.25) is 0 Å². The van der Waals surface area contributed by atoms with Gasteiger partial charge in [-0.3, -0.25) is 0 Å². The standard InChI is InChI=1S/C6H3ClN4O/c7-5-1-2-11-6(9-5)4(10-12)3-8-11/h1-3H. The topological polar surface area (TPSA) is 59.6 Å². The Morgan fingerprint density at radius 1 is 1.58 bits per heavy atom. The van der Waals surface area contributed by atoms with Gasteiger partial charge in [0, 0.05) is 6.20 Å². The van der Waals surface area contributed by atoms with Gasteiger partial charge < -0.3 is 0 Å². The smallest absolute Gasteiger partial charge is 0.186 e. The van der Waals surface area contributed by atoms with Gasteiger partial charge in [-0.15, -0.1) is 4.91 Å². The summed E-state index contributed by atoms with van der Waals surface area (Å²) >= 11 is 5.61. The molecule has 0 fully saturated rings. The van der Waals surface area contributed by atoms with E-state index in [-0.39, 0.29) is 5.69 Å². The second-order valence-corrected chi connectivity index (χ2v) is 2.53. The van der Waals surface area contributed by atoms with Gasteiger partial charge in [0.1, 0.15) is 5.15 Å². The lowest BCUT2D eigenvalue weighted by Gasteiger charge is -1.91. The lowest BCUT2D eigenvalue weighted by Crippen LogP contribution is -1.87. The number of nitroso groups, excluding NO2 is 1. The van der Waals surface area contributed by atoms with Crippen molar-refractivity contribution in [3.8, 4) is 0 Å². The molecule has 0 aromatic carbocycles. The molecule has 0 radical (unpaired) electrons. The molecular weight excluding hydrogens is 180 g/mol. The molecule has 5 nitrogen and oxygen atoms in total. The molecule has 0 unspecified atom stereocenters. The van der Waals surface area contributed by atoms with Crippen LogP contribution in [0, 0.1) is 4.91 Å². The van der Waals surface area contributed by atoms with Gasteiger partial charge >= 0.3 is 0 Å². The maximum Gasteiger partial charge on any atom is 0.186 e. The molecule has 2 heterocycles. The monoisotopic (exact) mass is 182 g/mol. The Morgan fingerprint density at radius 2 is 2.42 bits per heavy atom. The van der Waals surface area contributed by atoms with Crippen LogP contribution in [0.4, 0.5) is 5.69 Å². The molecule has 6 heteroatoms. The second kappa shape index (κ2) is 2.53. The Balaban J connectivity index is 2.83. The summed E-state index contributed by atoms with van der Waals surface area (Å²) in [5.74, 6) is 0. The van der Waals surface area contributed by atoms with Crippen LogP contribution < -0.4 is 0 Å². The first-order chi connectivity index (χ1) is 5.81. The highest BCUT2D eigenvalue weighted by molar-refractivity contribution is 6.29. The van der Waals surface area contributed by atoms with Gasteiger partial charge in [-0.2, -0.15) is 5.10 Å². The van der Waals surface area contributed by atoms with Crippen LogP contribution in [-0.2, 0) is 0 Å². The molecule has 2 aromatic heterocycles. The average molecular weight is 183 g/mol. The maximum atomic E-state index is 10.2. The molecule has 0 spiro atoms. The molecule has 0 saturated heterocycles. The molecule has 12 heavy (non-hydrogen) atoms. The predicted molar refractivity (Wildman–Crippen MR) is 43.5 cm³/mol. The third-order valence-electron chi connectivity index (χ3n) is 1.41. The zero-order valence-electron chi connectivity index (χ0n) is 5.81. The number of rotatable bonds is 1. The molecule has 0 aliphatic heterocycles. The van der Waals surface area contributed by atoms with E-state index in [1.807, 2.05) is 0 Å². The summed E-state index contributed by atoms with van der Waals surface area (Å²) in [5, 5.41) is 6.89. The number of aromatic nitrogens is 3. The minimum absolute atomic E-state index is 0.192. The van der Waals surface area contributed by atoms with Crippen LogP contribution in [0.1, 0.15) is 0 Å². The van der Waals surface area contributed by atoms with Crippen LogP contribution in [0.5, 0.6) is 0 Å². The van der Waals surface area contributed by atoms with Gasteiger partial charge in [-0.1, -0.05) is 11.6 Å². The first-order valence-corrected chi connectivity index (χ1v) is 3.52. The molecular formula is C6H3ClN4O. The summed E-state index contributed by atoms with van der Waals surface area (Å²) in [6.45, 7) is 0. The lowest BCUT2D eigenvalue weighted by molar-refractivity contribution is 0.939. The Kier molecular flexibility index (Phi) is 1.51. The first-order valence-electron chi connectivity index (χ1n) is 3.14. The Labute approximate surface area is 72.0 Å². The highest BCUT2D eigenvalue weighted by Gasteiger charge is 2.04. The molecule has 2 rings (SSSR count). The summed E-state index contributed by atoms with van der Waals surface area (Å²) < 4.78 is 1.43. The summed E-state index contributed by atoms with van der Waals surface area (Å²) in [7, 11) is 0. The molecule has 0 amide bonds. The van der Waals surface area contributed by atoms with Gasteiger partial charge in [0.05, 0.1) is 6.20 Å². The largest absolute Gasteiger partial charge is 0.220 e. The fraction of sp³-hybridized carbons (Fsp3) is 0. The van der Waals surface area contributed by atoms with Crippen molar-refractivity contribution >= 4 is 22.9 Å². The van der Waals surface area contributed by atoms with Crippen LogP contribution in [-0.4, -0.2) is 14.6 Å². The van der Waals surface area contributed by atoms with E-state index >= 15 is 0 Å². The van der Waals surface area contributed by atoms with Crippen molar-refractivity contribution in [2.24, 2.45) is 5.18 Å². The first kappa shape index (κ1) is 7.17. The van der Waals surface area contributed by atoms with Crippen molar-refractivity contribution in [1.82, 2.24) is 14.6 Å². The summed E-state index contributed by atoms with van der Waals surface area (Å²) in [6.07, 6.45) is 2.95. The normalized spacial score (nSPS) is 10.4. The number of nitrogens with zero attached hydrogens (tertiary/aromatic N) is 4. The third-order valence-corrected chi connectivity index (χ3v) is 1.63. The van der Waals surface area contributed by atoms with E-state index in [1.54, 1.807) is 12.3 Å². The van der Waals surface area contributed by atoms with Gasteiger partial charge in [0.25, 0.3) is 0 Å². The molecule has 0 N–H and O–H groups in total. The zero-order valence-corrected chi connectivity index (χ0v) is 6.56. The van der Waals surface area contributed by atoms with Crippen LogP contribution in [0.15, 0.2) is 23.6 Å². The van der Waals surface area contributed by atoms with E-state index in [1.165, 1.54) is 10.7 Å². The second-order valence-electron chi connectivity index (χ2n) is 2.14. The van der Waals surface area contributed by atoms with E-state index in [4.69, 9.17) is 11.6 Å². The van der Waals surface area contributed by atoms with Crippen molar-refractivity contribution in [3.05, 3.63) is 28.5 Å². The van der Waals surface area contributed by atoms with Crippen LogP contribution >= 0.6 is 11.6 Å². The van der Waals surface area contributed by atoms with E-state index in [2.05, 4.69) is 15.3 Å². The summed E-state index contributed by atoms with van der Waals surface area (Å²) in [5.41, 5.74) is 0.565. The molecule has 0 aliphatic carbocycles. The van der Waals surface area contributed by atoms with Crippen LogP contribution in [0.25, 0.3) is 5.65 Å². The van der Waals surface area contributed by atoms with E-state index in [0.717, 1.165) is 0 Å². The average Bonchev–Trinajstić information content (AvgIpc) is 2.46. The van der Waals surface area contributed by atoms with Gasteiger partial charge in [-0.25, -0.2) is 9.50 Å². The predicted octanol–water partition coefficient (Wildman–Crippen LogP) is 1.78. The number of hydrogen-bond donors (Lipinski definition) is 0. The molecule has 0 bridgehead atoms. The number of fused-ring (bicyclic) bond motifs is 1. The highest BCUT2D eigenvalue weighted by atomic mass is 35.5. The fourth-order valence-corrected chi connectivity index (χ4v) is 1.04. The van der Waals surface area contributed by atoms with E-state index < -0.39 is 0 Å². The van der Waals surface area contributed by atoms with Crippen molar-refractivity contribution in [3.63, 3.8) is 0 Å². The minimum atomic E-state index is 0.192. The Morgan fingerprint density at radius 3 is 3.17 bits per heavy atom. The quantitative estimate of drug-likeness (QED) is 0.499. The van der Waals surface area contributed by atoms with Gasteiger partial charge in [-0.05, 0) is 11.2 Å². The molecule has 0 aliphatic rings. The molecule has 0 saturated carbocycles. The number of halogens is 1.